The summed E-state index contributed by atoms with van der Waals surface area (Å²) in [6, 6.07) is 7.68. The van der Waals surface area contributed by atoms with Crippen LogP contribution in [0.2, 0.25) is 5.02 Å². The highest BCUT2D eigenvalue weighted by atomic mass is 35.5. The summed E-state index contributed by atoms with van der Waals surface area (Å²) >= 11 is 7.63. The Bertz CT molecular complexity index is 969. The molecule has 31 heavy (non-hydrogen) atoms. The quantitative estimate of drug-likeness (QED) is 0.684. The minimum Gasteiger partial charge on any atom is -0.347 e. The molecule has 3 heterocycles. The van der Waals surface area contributed by atoms with Crippen molar-refractivity contribution >= 4 is 41.1 Å². The van der Waals surface area contributed by atoms with E-state index in [-0.39, 0.29) is 24.3 Å². The minimum absolute atomic E-state index is 0.00971. The molecule has 2 aliphatic heterocycles. The van der Waals surface area contributed by atoms with Crippen LogP contribution in [0.1, 0.15) is 24.5 Å². The number of likely N-dealkylation sites (tertiary alicyclic amines) is 1. The van der Waals surface area contributed by atoms with Gasteiger partial charge < -0.3 is 14.7 Å². The fourth-order valence-corrected chi connectivity index (χ4v) is 5.02. The zero-order valence-corrected chi connectivity index (χ0v) is 19.3. The number of anilines is 1. The fourth-order valence-electron chi connectivity index (χ4n) is 3.99. The smallest absolute Gasteiger partial charge is 0.242 e. The third-order valence-electron chi connectivity index (χ3n) is 5.67. The van der Waals surface area contributed by atoms with Gasteiger partial charge in [0.1, 0.15) is 6.54 Å². The highest BCUT2D eigenvalue weighted by Gasteiger charge is 2.31. The van der Waals surface area contributed by atoms with Crippen molar-refractivity contribution < 1.29 is 9.59 Å². The van der Waals surface area contributed by atoms with Crippen molar-refractivity contribution in [1.29, 1.82) is 0 Å². The first-order chi connectivity index (χ1) is 14.9. The number of halogens is 1. The lowest BCUT2D eigenvalue weighted by atomic mass is 9.90. The van der Waals surface area contributed by atoms with Gasteiger partial charge in [-0.25, -0.2) is 9.97 Å². The zero-order chi connectivity index (χ0) is 22.0. The van der Waals surface area contributed by atoms with Crippen LogP contribution in [0.5, 0.6) is 0 Å². The summed E-state index contributed by atoms with van der Waals surface area (Å²) in [6.07, 6.45) is 3.72. The Morgan fingerprint density at radius 1 is 1.29 bits per heavy atom. The molecule has 9 heteroatoms. The number of rotatable bonds is 5. The first-order valence-corrected chi connectivity index (χ1v) is 11.9. The van der Waals surface area contributed by atoms with Crippen LogP contribution in [0.25, 0.3) is 11.1 Å². The van der Waals surface area contributed by atoms with Crippen LogP contribution in [-0.4, -0.2) is 76.9 Å². The summed E-state index contributed by atoms with van der Waals surface area (Å²) in [5, 5.41) is 0.681. The normalized spacial score (nSPS) is 19.1. The third-order valence-corrected chi connectivity index (χ3v) is 6.87. The Balaban J connectivity index is 1.59. The van der Waals surface area contributed by atoms with Gasteiger partial charge in [0, 0.05) is 49.9 Å². The Hall–Kier alpha value is -2.32. The number of piperidine rings is 1. The van der Waals surface area contributed by atoms with Gasteiger partial charge in [-0.05, 0) is 30.5 Å². The van der Waals surface area contributed by atoms with E-state index in [0.717, 1.165) is 29.7 Å². The molecule has 2 fully saturated rings. The molecule has 1 unspecified atom stereocenters. The molecule has 7 nitrogen and oxygen atoms in total. The van der Waals surface area contributed by atoms with Crippen LogP contribution >= 0.6 is 23.4 Å². The number of amides is 2. The number of hydrogen-bond donors (Lipinski definition) is 0. The zero-order valence-electron chi connectivity index (χ0n) is 17.8. The standard InChI is InChI=1S/C22H26ClN5O2S/c1-26(2)22-24-10-18(15-5-7-17(23)8-6-15)21(25-22)16-4-3-9-27(11-16)19(29)12-28-14-31-13-20(28)30/h5-8,10,16H,3-4,9,11-14H2,1-2H3. The molecule has 0 N–H and O–H groups in total. The molecule has 0 aliphatic carbocycles. The van der Waals surface area contributed by atoms with E-state index in [1.165, 1.54) is 0 Å². The first kappa shape index (κ1) is 21.9. The van der Waals surface area contributed by atoms with Crippen molar-refractivity contribution in [2.75, 3.05) is 50.3 Å². The first-order valence-electron chi connectivity index (χ1n) is 10.4. The van der Waals surface area contributed by atoms with Crippen molar-refractivity contribution in [2.24, 2.45) is 0 Å². The molecule has 0 bridgehead atoms. The lowest BCUT2D eigenvalue weighted by molar-refractivity contribution is -0.138. The summed E-state index contributed by atoms with van der Waals surface area (Å²) < 4.78 is 0. The lowest BCUT2D eigenvalue weighted by Crippen LogP contribution is -2.45. The van der Waals surface area contributed by atoms with Crippen LogP contribution in [-0.2, 0) is 9.59 Å². The van der Waals surface area contributed by atoms with Crippen LogP contribution in [0.3, 0.4) is 0 Å². The van der Waals surface area contributed by atoms with Gasteiger partial charge in [0.2, 0.25) is 17.8 Å². The monoisotopic (exact) mass is 459 g/mol. The number of nitrogens with zero attached hydrogens (tertiary/aromatic N) is 5. The predicted octanol–water partition coefficient (Wildman–Crippen LogP) is 3.10. The second kappa shape index (κ2) is 9.44. The average Bonchev–Trinajstić information content (AvgIpc) is 3.18. The third kappa shape index (κ3) is 4.96. The van der Waals surface area contributed by atoms with Crippen molar-refractivity contribution in [3.63, 3.8) is 0 Å². The van der Waals surface area contributed by atoms with Gasteiger partial charge in [0.05, 0.1) is 17.3 Å². The molecule has 0 spiro atoms. The van der Waals surface area contributed by atoms with Crippen LogP contribution in [0.15, 0.2) is 30.5 Å². The Morgan fingerprint density at radius 2 is 2.06 bits per heavy atom. The Morgan fingerprint density at radius 3 is 2.74 bits per heavy atom. The van der Waals surface area contributed by atoms with E-state index in [1.807, 2.05) is 54.4 Å². The number of hydrogen-bond acceptors (Lipinski definition) is 6. The molecule has 4 rings (SSSR count). The van der Waals surface area contributed by atoms with Crippen molar-refractivity contribution in [3.8, 4) is 11.1 Å². The molecule has 1 aromatic carbocycles. The van der Waals surface area contributed by atoms with Gasteiger partial charge >= 0.3 is 0 Å². The summed E-state index contributed by atoms with van der Waals surface area (Å²) in [5.74, 6) is 1.87. The fraction of sp³-hybridized carbons (Fsp3) is 0.455. The van der Waals surface area contributed by atoms with E-state index in [1.54, 1.807) is 16.7 Å². The number of thioether (sulfide) groups is 1. The maximum Gasteiger partial charge on any atom is 0.242 e. The molecular weight excluding hydrogens is 434 g/mol. The van der Waals surface area contributed by atoms with E-state index >= 15 is 0 Å². The summed E-state index contributed by atoms with van der Waals surface area (Å²) in [4.78, 5) is 39.6. The second-order valence-corrected chi connectivity index (χ2v) is 9.51. The molecule has 0 saturated carbocycles. The van der Waals surface area contributed by atoms with Gasteiger partial charge in [-0.2, -0.15) is 0 Å². The molecule has 2 amide bonds. The van der Waals surface area contributed by atoms with E-state index in [2.05, 4.69) is 4.98 Å². The Labute approximate surface area is 191 Å². The number of benzene rings is 1. The molecule has 0 radical (unpaired) electrons. The molecule has 1 atom stereocenters. The topological polar surface area (TPSA) is 69.6 Å². The summed E-state index contributed by atoms with van der Waals surface area (Å²) in [7, 11) is 3.84. The van der Waals surface area contributed by atoms with Crippen molar-refractivity contribution in [3.05, 3.63) is 41.2 Å². The van der Waals surface area contributed by atoms with Crippen molar-refractivity contribution in [2.45, 2.75) is 18.8 Å². The van der Waals surface area contributed by atoms with Crippen LogP contribution < -0.4 is 4.90 Å². The van der Waals surface area contributed by atoms with E-state index in [0.29, 0.717) is 35.7 Å². The highest BCUT2D eigenvalue weighted by Crippen LogP contribution is 2.34. The average molecular weight is 460 g/mol. The van der Waals surface area contributed by atoms with Crippen molar-refractivity contribution in [1.82, 2.24) is 19.8 Å². The van der Waals surface area contributed by atoms with Crippen LogP contribution in [0, 0.1) is 0 Å². The molecule has 2 saturated heterocycles. The lowest BCUT2D eigenvalue weighted by Gasteiger charge is -2.34. The number of carbonyl (C=O) groups is 2. The van der Waals surface area contributed by atoms with Gasteiger partial charge in [-0.3, -0.25) is 9.59 Å². The summed E-state index contributed by atoms with van der Waals surface area (Å²) in [6.45, 7) is 1.47. The van der Waals surface area contributed by atoms with E-state index in [9.17, 15) is 9.59 Å². The molecular formula is C22H26ClN5O2S. The molecule has 1 aromatic heterocycles. The van der Waals surface area contributed by atoms with Gasteiger partial charge in [0.25, 0.3) is 0 Å². The van der Waals surface area contributed by atoms with E-state index in [4.69, 9.17) is 16.6 Å². The molecule has 164 valence electrons. The van der Waals surface area contributed by atoms with Gasteiger partial charge in [-0.15, -0.1) is 11.8 Å². The maximum atomic E-state index is 12.9. The summed E-state index contributed by atoms with van der Waals surface area (Å²) in [5.41, 5.74) is 2.92. The van der Waals surface area contributed by atoms with Gasteiger partial charge in [-0.1, -0.05) is 23.7 Å². The largest absolute Gasteiger partial charge is 0.347 e. The highest BCUT2D eigenvalue weighted by molar-refractivity contribution is 8.00. The van der Waals surface area contributed by atoms with E-state index < -0.39 is 0 Å². The predicted molar refractivity (Wildman–Crippen MR) is 124 cm³/mol. The molecule has 2 aromatic rings. The Kier molecular flexibility index (Phi) is 6.67. The molecule has 2 aliphatic rings. The number of aromatic nitrogens is 2. The van der Waals surface area contributed by atoms with Gasteiger partial charge in [0.15, 0.2) is 0 Å². The second-order valence-electron chi connectivity index (χ2n) is 8.12. The van der Waals surface area contributed by atoms with Crippen LogP contribution in [0.4, 0.5) is 5.95 Å². The number of carbonyl (C=O) groups excluding carboxylic acids is 2. The minimum atomic E-state index is 0.00971. The SMILES string of the molecule is CN(C)c1ncc(-c2ccc(Cl)cc2)c(C2CCCN(C(=O)CN3CSCC3=O)C2)n1. The maximum absolute atomic E-state index is 12.9.